The molecular formula is C11H11NO2. The number of hydrogen-bond acceptors (Lipinski definition) is 3. The highest BCUT2D eigenvalue weighted by Gasteiger charge is 2.21. The van der Waals surface area contributed by atoms with Crippen LogP contribution in [-0.4, -0.2) is 19.4 Å². The van der Waals surface area contributed by atoms with Gasteiger partial charge in [-0.3, -0.25) is 4.79 Å². The van der Waals surface area contributed by atoms with Crippen molar-refractivity contribution in [2.24, 2.45) is 0 Å². The van der Waals surface area contributed by atoms with Gasteiger partial charge in [-0.25, -0.2) is 0 Å². The predicted molar refractivity (Wildman–Crippen MR) is 55.0 cm³/mol. The Morgan fingerprint density at radius 3 is 3.00 bits per heavy atom. The average Bonchev–Trinajstić information content (AvgIpc) is 2.23. The highest BCUT2D eigenvalue weighted by atomic mass is 16.5. The quantitative estimate of drug-likeness (QED) is 0.685. The second kappa shape index (κ2) is 3.18. The highest BCUT2D eigenvalue weighted by molar-refractivity contribution is 6.11. The molecule has 0 amide bonds. The number of rotatable bonds is 1. The molecule has 0 spiro atoms. The third kappa shape index (κ3) is 1.27. The lowest BCUT2D eigenvalue weighted by atomic mass is 10.0. The molecule has 1 aromatic rings. The highest BCUT2D eigenvalue weighted by Crippen LogP contribution is 2.28. The summed E-state index contributed by atoms with van der Waals surface area (Å²) in [6, 6.07) is 5.45. The summed E-state index contributed by atoms with van der Waals surface area (Å²) in [6.07, 6.45) is 0. The Bertz CT molecular complexity index is 410. The molecular weight excluding hydrogens is 178 g/mol. The van der Waals surface area contributed by atoms with E-state index < -0.39 is 0 Å². The van der Waals surface area contributed by atoms with Crippen LogP contribution in [0.5, 0.6) is 5.75 Å². The van der Waals surface area contributed by atoms with E-state index in [1.807, 2.05) is 13.1 Å². The summed E-state index contributed by atoms with van der Waals surface area (Å²) < 4.78 is 5.36. The molecule has 0 saturated carbocycles. The monoisotopic (exact) mass is 189 g/mol. The van der Waals surface area contributed by atoms with Crippen molar-refractivity contribution in [1.82, 2.24) is 0 Å². The van der Waals surface area contributed by atoms with Gasteiger partial charge >= 0.3 is 0 Å². The zero-order chi connectivity index (χ0) is 10.1. The van der Waals surface area contributed by atoms with Crippen molar-refractivity contribution in [2.45, 2.75) is 0 Å². The molecule has 1 heterocycles. The number of ether oxygens (including phenoxy) is 1. The smallest absolute Gasteiger partial charge is 0.195 e. The van der Waals surface area contributed by atoms with Crippen LogP contribution in [0.15, 0.2) is 30.4 Å². The molecule has 72 valence electrons. The fourth-order valence-corrected chi connectivity index (χ4v) is 1.41. The third-order valence-corrected chi connectivity index (χ3v) is 2.24. The number of carbonyl (C=O) groups is 1. The van der Waals surface area contributed by atoms with Gasteiger partial charge in [0.05, 0.1) is 5.56 Å². The Balaban J connectivity index is 2.51. The summed E-state index contributed by atoms with van der Waals surface area (Å²) in [7, 11) is 1.81. The topological polar surface area (TPSA) is 38.3 Å². The van der Waals surface area contributed by atoms with Gasteiger partial charge < -0.3 is 10.1 Å². The molecule has 0 bridgehead atoms. The Morgan fingerprint density at radius 1 is 1.50 bits per heavy atom. The molecule has 0 aromatic heterocycles. The number of hydrogen-bond donors (Lipinski definition) is 1. The lowest BCUT2D eigenvalue weighted by Gasteiger charge is -2.18. The van der Waals surface area contributed by atoms with Crippen molar-refractivity contribution < 1.29 is 9.53 Å². The lowest BCUT2D eigenvalue weighted by molar-refractivity contribution is 0.1000. The van der Waals surface area contributed by atoms with E-state index in [1.54, 1.807) is 12.1 Å². The molecule has 0 radical (unpaired) electrons. The summed E-state index contributed by atoms with van der Waals surface area (Å²) in [5, 5.41) is 2.98. The maximum atomic E-state index is 11.7. The van der Waals surface area contributed by atoms with Crippen LogP contribution in [0.4, 0.5) is 5.69 Å². The van der Waals surface area contributed by atoms with Gasteiger partial charge in [0.2, 0.25) is 0 Å². The first-order valence-electron chi connectivity index (χ1n) is 4.39. The fraction of sp³-hybridized carbons (Fsp3) is 0.182. The maximum Gasteiger partial charge on any atom is 0.195 e. The summed E-state index contributed by atoms with van der Waals surface area (Å²) >= 11 is 0. The van der Waals surface area contributed by atoms with E-state index in [2.05, 4.69) is 11.9 Å². The SMILES string of the molecule is C=C1COc2ccc(NC)cc2C1=O. The number of ketones is 1. The van der Waals surface area contributed by atoms with Gasteiger partial charge in [-0.2, -0.15) is 0 Å². The minimum atomic E-state index is -0.0247. The third-order valence-electron chi connectivity index (χ3n) is 2.24. The molecule has 1 aliphatic heterocycles. The van der Waals surface area contributed by atoms with Gasteiger partial charge in [0.25, 0.3) is 0 Å². The Hall–Kier alpha value is -1.77. The Morgan fingerprint density at radius 2 is 2.29 bits per heavy atom. The van der Waals surface area contributed by atoms with Gasteiger partial charge in [0.1, 0.15) is 12.4 Å². The van der Waals surface area contributed by atoms with Crippen LogP contribution < -0.4 is 10.1 Å². The normalized spacial score (nSPS) is 14.6. The minimum absolute atomic E-state index is 0.0247. The van der Waals surface area contributed by atoms with Crippen LogP contribution in [0.2, 0.25) is 0 Å². The largest absolute Gasteiger partial charge is 0.488 e. The van der Waals surface area contributed by atoms with Crippen molar-refractivity contribution >= 4 is 11.5 Å². The van der Waals surface area contributed by atoms with Gasteiger partial charge in [-0.1, -0.05) is 6.58 Å². The second-order valence-corrected chi connectivity index (χ2v) is 3.18. The van der Waals surface area contributed by atoms with E-state index in [-0.39, 0.29) is 5.78 Å². The molecule has 0 aliphatic carbocycles. The van der Waals surface area contributed by atoms with E-state index in [4.69, 9.17) is 4.74 Å². The molecule has 3 heteroatoms. The number of benzene rings is 1. The Labute approximate surface area is 82.4 Å². The van der Waals surface area contributed by atoms with Crippen LogP contribution in [0.3, 0.4) is 0 Å². The van der Waals surface area contributed by atoms with E-state index in [0.29, 0.717) is 23.5 Å². The van der Waals surface area contributed by atoms with E-state index in [1.165, 1.54) is 0 Å². The van der Waals surface area contributed by atoms with E-state index in [0.717, 1.165) is 5.69 Å². The molecule has 3 nitrogen and oxygen atoms in total. The molecule has 0 atom stereocenters. The van der Waals surface area contributed by atoms with Crippen molar-refractivity contribution in [3.05, 3.63) is 35.9 Å². The zero-order valence-electron chi connectivity index (χ0n) is 7.96. The molecule has 0 saturated heterocycles. The molecule has 1 aromatic carbocycles. The second-order valence-electron chi connectivity index (χ2n) is 3.18. The first kappa shape index (κ1) is 8.81. The van der Waals surface area contributed by atoms with Crippen molar-refractivity contribution in [2.75, 3.05) is 19.0 Å². The van der Waals surface area contributed by atoms with Gasteiger partial charge in [0.15, 0.2) is 5.78 Å². The van der Waals surface area contributed by atoms with Crippen molar-refractivity contribution in [1.29, 1.82) is 0 Å². The molecule has 2 rings (SSSR count). The fourth-order valence-electron chi connectivity index (χ4n) is 1.41. The maximum absolute atomic E-state index is 11.7. The van der Waals surface area contributed by atoms with Crippen LogP contribution >= 0.6 is 0 Å². The summed E-state index contributed by atoms with van der Waals surface area (Å²) in [5.41, 5.74) is 1.99. The molecule has 1 aliphatic rings. The summed E-state index contributed by atoms with van der Waals surface area (Å²) in [5.74, 6) is 0.616. The average molecular weight is 189 g/mol. The molecule has 0 fully saturated rings. The summed E-state index contributed by atoms with van der Waals surface area (Å²) in [6.45, 7) is 3.95. The first-order valence-corrected chi connectivity index (χ1v) is 4.39. The van der Waals surface area contributed by atoms with Gasteiger partial charge in [-0.15, -0.1) is 0 Å². The van der Waals surface area contributed by atoms with Crippen molar-refractivity contribution in [3.63, 3.8) is 0 Å². The van der Waals surface area contributed by atoms with Crippen LogP contribution in [0.25, 0.3) is 0 Å². The summed E-state index contributed by atoms with van der Waals surface area (Å²) in [4.78, 5) is 11.7. The van der Waals surface area contributed by atoms with Gasteiger partial charge in [-0.05, 0) is 18.2 Å². The predicted octanol–water partition coefficient (Wildman–Crippen LogP) is 1.86. The molecule has 1 N–H and O–H groups in total. The van der Waals surface area contributed by atoms with Crippen molar-refractivity contribution in [3.8, 4) is 5.75 Å². The standard InChI is InChI=1S/C11H11NO2/c1-7-6-14-10-4-3-8(12-2)5-9(10)11(7)13/h3-5,12H,1,6H2,2H3. The van der Waals surface area contributed by atoms with Crippen LogP contribution in [0, 0.1) is 0 Å². The van der Waals surface area contributed by atoms with E-state index in [9.17, 15) is 4.79 Å². The van der Waals surface area contributed by atoms with E-state index >= 15 is 0 Å². The Kier molecular flexibility index (Phi) is 2.00. The van der Waals surface area contributed by atoms with Crippen LogP contribution in [-0.2, 0) is 0 Å². The molecule has 0 unspecified atom stereocenters. The number of carbonyl (C=O) groups excluding carboxylic acids is 1. The number of anilines is 1. The van der Waals surface area contributed by atoms with Gasteiger partial charge in [0, 0.05) is 18.3 Å². The molecule has 14 heavy (non-hydrogen) atoms. The number of Topliss-reactive ketones (excluding diaryl/α,β-unsaturated/α-hetero) is 1. The number of nitrogens with one attached hydrogen (secondary N) is 1. The number of fused-ring (bicyclic) bond motifs is 1. The first-order chi connectivity index (χ1) is 6.72. The zero-order valence-corrected chi connectivity index (χ0v) is 7.96. The lowest BCUT2D eigenvalue weighted by Crippen LogP contribution is -2.18. The minimum Gasteiger partial charge on any atom is -0.488 e. The van der Waals surface area contributed by atoms with Crippen LogP contribution in [0.1, 0.15) is 10.4 Å².